The third-order valence-electron chi connectivity index (χ3n) is 3.74. The first kappa shape index (κ1) is 14.8. The molecule has 1 saturated heterocycles. The highest BCUT2D eigenvalue weighted by Gasteiger charge is 2.44. The topological polar surface area (TPSA) is 126 Å². The Balaban J connectivity index is 2.20. The van der Waals surface area contributed by atoms with Crippen LogP contribution >= 0.6 is 22.6 Å². The number of ether oxygens (including phenoxy) is 1. The van der Waals surface area contributed by atoms with E-state index in [-0.39, 0.29) is 24.5 Å². The fourth-order valence-corrected chi connectivity index (χ4v) is 3.52. The molecule has 1 fully saturated rings. The van der Waals surface area contributed by atoms with E-state index in [0.717, 1.165) is 0 Å². The van der Waals surface area contributed by atoms with Crippen molar-refractivity contribution in [2.75, 3.05) is 12.3 Å². The van der Waals surface area contributed by atoms with Crippen LogP contribution in [0, 0.1) is 3.57 Å². The molecule has 0 saturated carbocycles. The first-order valence-electron chi connectivity index (χ1n) is 6.39. The van der Waals surface area contributed by atoms with Gasteiger partial charge in [0.15, 0.2) is 5.65 Å². The molecule has 5 N–H and O–H groups in total. The molecule has 0 bridgehead atoms. The minimum Gasteiger partial charge on any atom is -0.394 e. The number of aromatic amines is 1. The lowest BCUT2D eigenvalue weighted by Crippen LogP contribution is -2.31. The number of fused-ring (bicyclic) bond motifs is 1. The molecule has 2 aromatic rings. The molecule has 3 heterocycles. The lowest BCUT2D eigenvalue weighted by molar-refractivity contribution is -0.103. The van der Waals surface area contributed by atoms with E-state index < -0.39 is 17.9 Å². The predicted octanol–water partition coefficient (Wildman–Crippen LogP) is -0.274. The van der Waals surface area contributed by atoms with Crippen molar-refractivity contribution < 1.29 is 14.9 Å². The number of nitrogens with zero attached hydrogens (tertiary/aromatic N) is 2. The van der Waals surface area contributed by atoms with Gasteiger partial charge in [-0.2, -0.15) is 4.98 Å². The fraction of sp³-hybridized carbons (Fsp3) is 0.500. The van der Waals surface area contributed by atoms with Crippen molar-refractivity contribution in [3.8, 4) is 0 Å². The highest BCUT2D eigenvalue weighted by molar-refractivity contribution is 14.1. The normalized spacial score (nSPS) is 29.3. The molecule has 8 nitrogen and oxygen atoms in total. The molecule has 1 aliphatic rings. The molecule has 0 radical (unpaired) electrons. The third kappa shape index (κ3) is 2.24. The van der Waals surface area contributed by atoms with Crippen LogP contribution in [-0.4, -0.2) is 43.6 Å². The van der Waals surface area contributed by atoms with Crippen molar-refractivity contribution in [1.82, 2.24) is 14.5 Å². The molecule has 9 heteroatoms. The number of nitrogen functional groups attached to an aromatic ring is 1. The maximum Gasteiger partial charge on any atom is 0.262 e. The van der Waals surface area contributed by atoms with Crippen molar-refractivity contribution in [3.05, 3.63) is 20.1 Å². The van der Waals surface area contributed by atoms with Crippen LogP contribution in [0.25, 0.3) is 11.0 Å². The first-order valence-corrected chi connectivity index (χ1v) is 7.47. The van der Waals surface area contributed by atoms with Crippen LogP contribution in [-0.2, 0) is 10.5 Å². The quantitative estimate of drug-likeness (QED) is 0.509. The van der Waals surface area contributed by atoms with Gasteiger partial charge in [-0.05, 0) is 29.5 Å². The molecule has 0 aromatic carbocycles. The second-order valence-corrected chi connectivity index (χ2v) is 6.44. The van der Waals surface area contributed by atoms with Crippen molar-refractivity contribution in [2.24, 2.45) is 0 Å². The van der Waals surface area contributed by atoms with Crippen molar-refractivity contribution in [3.63, 3.8) is 0 Å². The zero-order valence-electron chi connectivity index (χ0n) is 11.2. The number of nitrogens with one attached hydrogen (secondary N) is 1. The summed E-state index contributed by atoms with van der Waals surface area (Å²) >= 11 is 2.04. The van der Waals surface area contributed by atoms with E-state index in [1.807, 2.05) is 22.6 Å². The van der Waals surface area contributed by atoms with Crippen LogP contribution in [0.15, 0.2) is 11.0 Å². The lowest BCUT2D eigenvalue weighted by atomic mass is 10.1. The number of rotatable bonds is 2. The zero-order valence-corrected chi connectivity index (χ0v) is 13.4. The van der Waals surface area contributed by atoms with Crippen LogP contribution < -0.4 is 11.3 Å². The average molecular weight is 406 g/mol. The van der Waals surface area contributed by atoms with E-state index in [4.69, 9.17) is 10.5 Å². The van der Waals surface area contributed by atoms with Crippen LogP contribution in [0.1, 0.15) is 13.3 Å². The SMILES string of the molecule is C[C@]1(n2cc(I)c3c(=O)[nH]c(N)nc32)C[C@H](O)[C@@H](CO)O1. The molecule has 0 amide bonds. The van der Waals surface area contributed by atoms with Crippen molar-refractivity contribution >= 4 is 39.6 Å². The monoisotopic (exact) mass is 406 g/mol. The second kappa shape index (κ2) is 4.93. The average Bonchev–Trinajstić information content (AvgIpc) is 2.88. The van der Waals surface area contributed by atoms with Gasteiger partial charge < -0.3 is 25.3 Å². The zero-order chi connectivity index (χ0) is 15.4. The van der Waals surface area contributed by atoms with E-state index in [1.54, 1.807) is 17.7 Å². The molecule has 114 valence electrons. The number of aliphatic hydroxyl groups excluding tert-OH is 2. The minimum absolute atomic E-state index is 0.0177. The first-order chi connectivity index (χ1) is 9.85. The molecule has 0 spiro atoms. The van der Waals surface area contributed by atoms with E-state index in [9.17, 15) is 15.0 Å². The summed E-state index contributed by atoms with van der Waals surface area (Å²) in [7, 11) is 0. The number of hydrogen-bond donors (Lipinski definition) is 4. The fourth-order valence-electron chi connectivity index (χ4n) is 2.75. The van der Waals surface area contributed by atoms with Crippen LogP contribution in [0.5, 0.6) is 0 Å². The van der Waals surface area contributed by atoms with Gasteiger partial charge in [-0.1, -0.05) is 0 Å². The number of H-pyrrole nitrogens is 1. The highest BCUT2D eigenvalue weighted by Crippen LogP contribution is 2.37. The number of hydrogen-bond acceptors (Lipinski definition) is 6. The number of anilines is 1. The summed E-state index contributed by atoms with van der Waals surface area (Å²) in [5.74, 6) is 0.0177. The van der Waals surface area contributed by atoms with Gasteiger partial charge in [0.25, 0.3) is 5.56 Å². The summed E-state index contributed by atoms with van der Waals surface area (Å²) in [5, 5.41) is 19.6. The van der Waals surface area contributed by atoms with E-state index in [2.05, 4.69) is 9.97 Å². The Hall–Kier alpha value is -1.17. The summed E-state index contributed by atoms with van der Waals surface area (Å²) in [5.41, 5.74) is 4.79. The van der Waals surface area contributed by atoms with Crippen molar-refractivity contribution in [1.29, 1.82) is 0 Å². The molecular weight excluding hydrogens is 391 g/mol. The largest absolute Gasteiger partial charge is 0.394 e. The van der Waals surface area contributed by atoms with E-state index >= 15 is 0 Å². The maximum atomic E-state index is 12.0. The molecule has 0 aliphatic carbocycles. The van der Waals surface area contributed by atoms with Crippen LogP contribution in [0.2, 0.25) is 0 Å². The Morgan fingerprint density at radius 3 is 3.05 bits per heavy atom. The summed E-state index contributed by atoms with van der Waals surface area (Å²) < 4.78 is 8.16. The van der Waals surface area contributed by atoms with E-state index in [1.165, 1.54) is 0 Å². The predicted molar refractivity (Wildman–Crippen MR) is 83.7 cm³/mol. The van der Waals surface area contributed by atoms with Gasteiger partial charge in [0, 0.05) is 16.2 Å². The smallest absolute Gasteiger partial charge is 0.262 e. The van der Waals surface area contributed by atoms with Crippen LogP contribution in [0.3, 0.4) is 0 Å². The Labute approximate surface area is 133 Å². The van der Waals surface area contributed by atoms with Gasteiger partial charge in [0.05, 0.1) is 18.1 Å². The maximum absolute atomic E-state index is 12.0. The second-order valence-electron chi connectivity index (χ2n) is 5.28. The molecular formula is C12H15IN4O4. The highest BCUT2D eigenvalue weighted by atomic mass is 127. The number of aliphatic hydroxyl groups is 2. The molecule has 3 atom stereocenters. The minimum atomic E-state index is -0.901. The number of halogens is 1. The van der Waals surface area contributed by atoms with Gasteiger partial charge in [-0.15, -0.1) is 0 Å². The molecule has 0 unspecified atom stereocenters. The van der Waals surface area contributed by atoms with Gasteiger partial charge in [0.1, 0.15) is 11.8 Å². The van der Waals surface area contributed by atoms with Crippen molar-refractivity contribution in [2.45, 2.75) is 31.3 Å². The molecule has 1 aliphatic heterocycles. The van der Waals surface area contributed by atoms with E-state index in [0.29, 0.717) is 14.6 Å². The van der Waals surface area contributed by atoms with Gasteiger partial charge in [-0.3, -0.25) is 9.78 Å². The Kier molecular flexibility index (Phi) is 3.47. The lowest BCUT2D eigenvalue weighted by Gasteiger charge is -2.26. The standard InChI is InChI=1S/C12H15IN4O4/c1-12(2-6(19)7(4-18)21-12)17-3-5(13)8-9(17)15-11(14)16-10(8)20/h3,6-7,18-19H,2,4H2,1H3,(H3,14,15,16,20)/t6-,7+,12+/m0/s1. The van der Waals surface area contributed by atoms with Gasteiger partial charge in [0.2, 0.25) is 5.95 Å². The molecule has 21 heavy (non-hydrogen) atoms. The van der Waals surface area contributed by atoms with Gasteiger partial charge in [-0.25, -0.2) is 0 Å². The summed E-state index contributed by atoms with van der Waals surface area (Å²) in [6.07, 6.45) is 0.574. The number of nitrogens with two attached hydrogens (primary N) is 1. The third-order valence-corrected chi connectivity index (χ3v) is 4.56. The Morgan fingerprint density at radius 1 is 1.71 bits per heavy atom. The van der Waals surface area contributed by atoms with Crippen LogP contribution in [0.4, 0.5) is 5.95 Å². The Bertz CT molecular complexity index is 758. The molecule has 3 rings (SSSR count). The summed E-state index contributed by atoms with van der Waals surface area (Å²) in [6.45, 7) is 1.50. The molecule has 2 aromatic heterocycles. The summed E-state index contributed by atoms with van der Waals surface area (Å²) in [6, 6.07) is 0. The summed E-state index contributed by atoms with van der Waals surface area (Å²) in [4.78, 5) is 18.7. The Morgan fingerprint density at radius 2 is 2.43 bits per heavy atom. The van der Waals surface area contributed by atoms with Gasteiger partial charge >= 0.3 is 0 Å². The number of aromatic nitrogens is 3.